The lowest BCUT2D eigenvalue weighted by Gasteiger charge is -2.34. The monoisotopic (exact) mass is 583 g/mol. The number of hydrogen-bond acceptors (Lipinski definition) is 6. The first kappa shape index (κ1) is 29.5. The number of nitrogens with one attached hydrogen (secondary N) is 2. The third-order valence-electron chi connectivity index (χ3n) is 7.86. The predicted molar refractivity (Wildman–Crippen MR) is 140 cm³/mol. The number of nitrogens with zero attached hydrogens (tertiary/aromatic N) is 3. The zero-order valence-electron chi connectivity index (χ0n) is 23.5. The van der Waals surface area contributed by atoms with Crippen LogP contribution in [0, 0.1) is 11.8 Å². The highest BCUT2D eigenvalue weighted by molar-refractivity contribution is 5.78. The van der Waals surface area contributed by atoms with Gasteiger partial charge in [-0.25, -0.2) is 31.9 Å². The molecule has 3 fully saturated rings. The van der Waals surface area contributed by atoms with Crippen molar-refractivity contribution >= 4 is 17.6 Å². The Balaban J connectivity index is 1.31. The van der Waals surface area contributed by atoms with E-state index >= 15 is 0 Å². The van der Waals surface area contributed by atoms with Crippen molar-refractivity contribution in [3.63, 3.8) is 0 Å². The van der Waals surface area contributed by atoms with Crippen LogP contribution in [0.3, 0.4) is 0 Å². The Labute approximate surface area is 235 Å². The van der Waals surface area contributed by atoms with Gasteiger partial charge in [-0.15, -0.1) is 0 Å². The molecule has 2 N–H and O–H groups in total. The molecule has 0 aromatic carbocycles. The molecule has 3 aliphatic carbocycles. The quantitative estimate of drug-likeness (QED) is 0.378. The summed E-state index contributed by atoms with van der Waals surface area (Å²) in [5.74, 6) is -5.89. The van der Waals surface area contributed by atoms with Crippen molar-refractivity contribution in [1.82, 2.24) is 25.2 Å². The minimum atomic E-state index is -2.72. The highest BCUT2D eigenvalue weighted by Gasteiger charge is 2.46. The Hall–Kier alpha value is -2.96. The number of alkyl halides is 4. The topological polar surface area (TPSA) is 107 Å². The van der Waals surface area contributed by atoms with Gasteiger partial charge in [-0.2, -0.15) is 5.10 Å². The second kappa shape index (κ2) is 11.0. The van der Waals surface area contributed by atoms with Gasteiger partial charge < -0.3 is 20.1 Å². The van der Waals surface area contributed by atoms with Crippen LogP contribution in [-0.2, 0) is 14.3 Å². The van der Waals surface area contributed by atoms with Gasteiger partial charge in [-0.3, -0.25) is 4.79 Å². The van der Waals surface area contributed by atoms with Gasteiger partial charge >= 0.3 is 6.09 Å². The van der Waals surface area contributed by atoms with Crippen LogP contribution >= 0.6 is 0 Å². The lowest BCUT2D eigenvalue weighted by molar-refractivity contribution is -0.170. The average molecular weight is 584 g/mol. The first-order valence-corrected chi connectivity index (χ1v) is 14.2. The number of carbonyl (C=O) groups excluding carboxylic acids is 2. The highest BCUT2D eigenvalue weighted by atomic mass is 19.3. The van der Waals surface area contributed by atoms with Crippen molar-refractivity contribution in [2.75, 3.05) is 6.61 Å². The third-order valence-corrected chi connectivity index (χ3v) is 7.86. The molecule has 0 spiro atoms. The van der Waals surface area contributed by atoms with E-state index in [1.54, 1.807) is 43.7 Å². The number of ether oxygens (including phenoxy) is 2. The van der Waals surface area contributed by atoms with E-state index in [2.05, 4.69) is 15.7 Å². The van der Waals surface area contributed by atoms with E-state index < -0.39 is 41.6 Å². The largest absolute Gasteiger partial charge is 0.444 e. The molecule has 0 radical (unpaired) electrons. The van der Waals surface area contributed by atoms with Crippen LogP contribution in [0.2, 0.25) is 0 Å². The van der Waals surface area contributed by atoms with Gasteiger partial charge in [0.25, 0.3) is 5.92 Å². The van der Waals surface area contributed by atoms with E-state index in [9.17, 15) is 27.2 Å². The summed E-state index contributed by atoms with van der Waals surface area (Å²) >= 11 is 0. The van der Waals surface area contributed by atoms with Crippen LogP contribution in [0.4, 0.5) is 22.4 Å². The number of alkyl carbamates (subject to hydrolysis) is 1. The molecule has 3 saturated carbocycles. The summed E-state index contributed by atoms with van der Waals surface area (Å²) in [5, 5.41) is 10.3. The Kier molecular flexibility index (Phi) is 7.95. The normalized spacial score (nSPS) is 22.5. The van der Waals surface area contributed by atoms with Crippen molar-refractivity contribution in [3.8, 4) is 0 Å². The van der Waals surface area contributed by atoms with Crippen LogP contribution in [-0.4, -0.2) is 56.8 Å². The van der Waals surface area contributed by atoms with E-state index in [0.717, 1.165) is 18.4 Å². The van der Waals surface area contributed by atoms with Crippen LogP contribution in [0.1, 0.15) is 95.5 Å². The second-order valence-corrected chi connectivity index (χ2v) is 12.7. The zero-order valence-corrected chi connectivity index (χ0v) is 23.5. The van der Waals surface area contributed by atoms with Crippen molar-refractivity contribution in [2.45, 2.75) is 108 Å². The average Bonchev–Trinajstić information content (AvgIpc) is 3.60. The fourth-order valence-corrected chi connectivity index (χ4v) is 5.53. The van der Waals surface area contributed by atoms with E-state index in [-0.39, 0.29) is 63.0 Å². The van der Waals surface area contributed by atoms with Gasteiger partial charge in [0.1, 0.15) is 12.2 Å². The zero-order chi connectivity index (χ0) is 29.6. The predicted octanol–water partition coefficient (Wildman–Crippen LogP) is 5.50. The Morgan fingerprint density at radius 1 is 1.02 bits per heavy atom. The number of carbonyl (C=O) groups is 2. The SMILES string of the molecule is CC(C)(C)OC(=O)N[C@H](c1cn2ncc(C(NC(=O)COC3CC(F)(F)C3)C3CC3)cc2n1)C1CCC(F)(F)CC1. The summed E-state index contributed by atoms with van der Waals surface area (Å²) in [5.41, 5.74) is 0.949. The lowest BCUT2D eigenvalue weighted by atomic mass is 9.81. The molecule has 2 aromatic heterocycles. The summed E-state index contributed by atoms with van der Waals surface area (Å²) in [6.45, 7) is 4.93. The number of imidazole rings is 1. The molecule has 13 heteroatoms. The summed E-state index contributed by atoms with van der Waals surface area (Å²) in [7, 11) is 0. The molecule has 2 amide bonds. The number of halogens is 4. The Bertz CT molecular complexity index is 1260. The molecule has 5 rings (SSSR count). The standard InChI is InChI=1S/C28H37F4N5O4/c1-26(2,3)41-25(39)36-24(17-6-8-27(29,30)9-7-17)20-14-37-21(34-20)10-18(13-33-37)23(16-4-5-16)35-22(38)15-40-19-11-28(31,32)12-19/h10,13-14,16-17,19,23-24H,4-9,11-12,15H2,1-3H3,(H,35,38)(H,36,39)/t23?,24-/m0/s1. The van der Waals surface area contributed by atoms with Crippen LogP contribution in [0.25, 0.3) is 5.65 Å². The summed E-state index contributed by atoms with van der Waals surface area (Å²) < 4.78 is 66.2. The van der Waals surface area contributed by atoms with Gasteiger partial charge in [-0.1, -0.05) is 0 Å². The van der Waals surface area contributed by atoms with Gasteiger partial charge in [-0.05, 0) is 69.9 Å². The molecule has 2 atom stereocenters. The molecule has 0 aliphatic heterocycles. The summed E-state index contributed by atoms with van der Waals surface area (Å²) in [4.78, 5) is 30.0. The van der Waals surface area contributed by atoms with Crippen molar-refractivity contribution < 1.29 is 36.6 Å². The maximum atomic E-state index is 13.9. The van der Waals surface area contributed by atoms with Gasteiger partial charge in [0.2, 0.25) is 11.8 Å². The summed E-state index contributed by atoms with van der Waals surface area (Å²) in [6, 6.07) is 0.802. The maximum absolute atomic E-state index is 13.9. The number of hydrogen-bond donors (Lipinski definition) is 2. The van der Waals surface area contributed by atoms with E-state index in [4.69, 9.17) is 14.5 Å². The van der Waals surface area contributed by atoms with E-state index in [1.165, 1.54) is 0 Å². The molecule has 2 aromatic rings. The van der Waals surface area contributed by atoms with Gasteiger partial charge in [0.05, 0.1) is 36.3 Å². The Morgan fingerprint density at radius 3 is 2.29 bits per heavy atom. The molecule has 3 aliphatic rings. The number of fused-ring (bicyclic) bond motifs is 1. The first-order valence-electron chi connectivity index (χ1n) is 14.2. The smallest absolute Gasteiger partial charge is 0.408 e. The number of amides is 2. The molecule has 0 bridgehead atoms. The molecule has 0 saturated heterocycles. The number of aromatic nitrogens is 3. The molecule has 2 heterocycles. The van der Waals surface area contributed by atoms with E-state index in [0.29, 0.717) is 11.3 Å². The van der Waals surface area contributed by atoms with Crippen LogP contribution in [0.15, 0.2) is 18.5 Å². The second-order valence-electron chi connectivity index (χ2n) is 12.7. The van der Waals surface area contributed by atoms with Crippen molar-refractivity contribution in [1.29, 1.82) is 0 Å². The lowest BCUT2D eigenvalue weighted by Crippen LogP contribution is -2.43. The molecular formula is C28H37F4N5O4. The molecule has 1 unspecified atom stereocenters. The maximum Gasteiger partial charge on any atom is 0.408 e. The Morgan fingerprint density at radius 2 is 1.68 bits per heavy atom. The molecule has 9 nitrogen and oxygen atoms in total. The summed E-state index contributed by atoms with van der Waals surface area (Å²) in [6.07, 6.45) is 3.01. The minimum absolute atomic E-state index is 0.205. The molecule has 226 valence electrons. The molecule has 41 heavy (non-hydrogen) atoms. The number of rotatable bonds is 9. The van der Waals surface area contributed by atoms with E-state index in [1.807, 2.05) is 0 Å². The van der Waals surface area contributed by atoms with Gasteiger partial charge in [0, 0.05) is 25.7 Å². The minimum Gasteiger partial charge on any atom is -0.444 e. The van der Waals surface area contributed by atoms with Crippen molar-refractivity contribution in [2.24, 2.45) is 11.8 Å². The third kappa shape index (κ3) is 7.66. The molecular weight excluding hydrogens is 546 g/mol. The van der Waals surface area contributed by atoms with Gasteiger partial charge in [0.15, 0.2) is 5.65 Å². The highest BCUT2D eigenvalue weighted by Crippen LogP contribution is 2.43. The van der Waals surface area contributed by atoms with Crippen molar-refractivity contribution in [3.05, 3.63) is 29.7 Å². The van der Waals surface area contributed by atoms with Crippen LogP contribution in [0.5, 0.6) is 0 Å². The fraction of sp³-hybridized carbons (Fsp3) is 0.714. The fourth-order valence-electron chi connectivity index (χ4n) is 5.53. The van der Waals surface area contributed by atoms with Crippen LogP contribution < -0.4 is 10.6 Å². The first-order chi connectivity index (χ1) is 19.2.